The van der Waals surface area contributed by atoms with Crippen molar-refractivity contribution in [2.75, 3.05) is 18.9 Å². The minimum absolute atomic E-state index is 0.215. The topological polar surface area (TPSA) is 52.6 Å². The second-order valence-corrected chi connectivity index (χ2v) is 8.56. The molecule has 0 aromatic heterocycles. The van der Waals surface area contributed by atoms with E-state index in [0.29, 0.717) is 18.9 Å². The lowest BCUT2D eigenvalue weighted by Gasteiger charge is -2.21. The number of carbonyl (C=O) groups excluding carboxylic acids is 1. The van der Waals surface area contributed by atoms with E-state index in [1.54, 1.807) is 6.92 Å². The van der Waals surface area contributed by atoms with E-state index >= 15 is 0 Å². The Balaban J connectivity index is 4.02. The molecule has 0 fully saturated rings. The Hall–Kier alpha value is -0.470. The summed E-state index contributed by atoms with van der Waals surface area (Å²) < 4.78 is 22.7. The summed E-state index contributed by atoms with van der Waals surface area (Å²) in [6.07, 6.45) is 0.845. The number of esters is 1. The predicted molar refractivity (Wildman–Crippen MR) is 78.1 cm³/mol. The molecular formula is C14H28O4P+. The van der Waals surface area contributed by atoms with Crippen LogP contribution in [0.5, 0.6) is 0 Å². The van der Waals surface area contributed by atoms with Gasteiger partial charge in [0.05, 0.1) is 18.1 Å². The molecule has 2 unspecified atom stereocenters. The largest absolute Gasteiger partial charge is 0.460 e. The second kappa shape index (κ2) is 7.35. The Morgan fingerprint density at radius 2 is 1.63 bits per heavy atom. The molecule has 19 heavy (non-hydrogen) atoms. The van der Waals surface area contributed by atoms with E-state index < -0.39 is 13.4 Å². The molecule has 0 amide bonds. The smallest absolute Gasteiger partial charge is 0.342 e. The van der Waals surface area contributed by atoms with Gasteiger partial charge >= 0.3 is 13.8 Å². The molecule has 5 heteroatoms. The fourth-order valence-corrected chi connectivity index (χ4v) is 2.56. The van der Waals surface area contributed by atoms with Crippen LogP contribution in [0.1, 0.15) is 48.5 Å². The lowest BCUT2D eigenvalue weighted by atomic mass is 10.1. The van der Waals surface area contributed by atoms with E-state index in [9.17, 15) is 9.36 Å². The number of hydrogen-bond donors (Lipinski definition) is 0. The van der Waals surface area contributed by atoms with E-state index in [1.165, 1.54) is 0 Å². The molecule has 0 heterocycles. The monoisotopic (exact) mass is 291 g/mol. The van der Waals surface area contributed by atoms with Gasteiger partial charge in [0.2, 0.25) is 0 Å². The van der Waals surface area contributed by atoms with Crippen molar-refractivity contribution in [2.24, 2.45) is 5.92 Å². The van der Waals surface area contributed by atoms with Crippen LogP contribution >= 0.6 is 7.80 Å². The summed E-state index contributed by atoms with van der Waals surface area (Å²) in [7, 11) is -1.42. The molecule has 0 aliphatic carbocycles. The van der Waals surface area contributed by atoms with Crippen LogP contribution < -0.4 is 0 Å². The zero-order chi connectivity index (χ0) is 15.3. The summed E-state index contributed by atoms with van der Waals surface area (Å²) in [6, 6.07) is 0. The molecule has 0 N–H and O–H groups in total. The summed E-state index contributed by atoms with van der Waals surface area (Å²) in [6.45, 7) is 13.6. The van der Waals surface area contributed by atoms with Crippen LogP contribution in [-0.4, -0.2) is 36.1 Å². The third-order valence-electron chi connectivity index (χ3n) is 2.16. The molecule has 0 rings (SSSR count). The fourth-order valence-electron chi connectivity index (χ4n) is 1.33. The van der Waals surface area contributed by atoms with Crippen molar-refractivity contribution in [1.82, 2.24) is 0 Å². The Morgan fingerprint density at radius 1 is 1.11 bits per heavy atom. The standard InChI is InChI=1S/C14H28O4P/c1-11(12(15)18-14(5,6)7)10-19(16)9-8-17-13(2,3)4/h11H,8-10H2,1-7H3/q+1. The van der Waals surface area contributed by atoms with E-state index in [-0.39, 0.29) is 17.5 Å². The van der Waals surface area contributed by atoms with Gasteiger partial charge in [-0.1, -0.05) is 4.57 Å². The average molecular weight is 291 g/mol. The second-order valence-electron chi connectivity index (χ2n) is 6.78. The minimum Gasteiger partial charge on any atom is -0.460 e. The van der Waals surface area contributed by atoms with Gasteiger partial charge in [-0.3, -0.25) is 4.79 Å². The highest BCUT2D eigenvalue weighted by molar-refractivity contribution is 7.44. The molecule has 112 valence electrons. The maximum atomic E-state index is 11.9. The van der Waals surface area contributed by atoms with E-state index in [4.69, 9.17) is 9.47 Å². The van der Waals surface area contributed by atoms with Crippen molar-refractivity contribution in [3.05, 3.63) is 0 Å². The molecule has 0 aromatic rings. The van der Waals surface area contributed by atoms with Crippen LogP contribution in [0.25, 0.3) is 0 Å². The highest BCUT2D eigenvalue weighted by atomic mass is 31.1. The quantitative estimate of drug-likeness (QED) is 0.554. The van der Waals surface area contributed by atoms with Crippen molar-refractivity contribution in [2.45, 2.75) is 59.7 Å². The Labute approximate surface area is 118 Å². The van der Waals surface area contributed by atoms with Gasteiger partial charge in [0.25, 0.3) is 0 Å². The third-order valence-corrected chi connectivity index (χ3v) is 3.80. The number of carbonyl (C=O) groups is 1. The van der Waals surface area contributed by atoms with Crippen LogP contribution in [-0.2, 0) is 18.8 Å². The molecule has 4 nitrogen and oxygen atoms in total. The highest BCUT2D eigenvalue weighted by Gasteiger charge is 2.29. The third kappa shape index (κ3) is 11.1. The summed E-state index contributed by atoms with van der Waals surface area (Å²) in [5, 5.41) is 0. The first kappa shape index (κ1) is 18.5. The molecule has 2 atom stereocenters. The first-order valence-electron chi connectivity index (χ1n) is 6.69. The summed E-state index contributed by atoms with van der Waals surface area (Å²) in [5.74, 6) is -0.620. The van der Waals surface area contributed by atoms with E-state index in [1.807, 2.05) is 41.5 Å². The van der Waals surface area contributed by atoms with Gasteiger partial charge in [-0.25, -0.2) is 0 Å². The van der Waals surface area contributed by atoms with E-state index in [2.05, 4.69) is 0 Å². The molecule has 0 radical (unpaired) electrons. The van der Waals surface area contributed by atoms with Crippen molar-refractivity contribution >= 4 is 13.8 Å². The number of ether oxygens (including phenoxy) is 2. The fraction of sp³-hybridized carbons (Fsp3) is 0.929. The Kier molecular flexibility index (Phi) is 7.17. The van der Waals surface area contributed by atoms with Crippen LogP contribution in [0.3, 0.4) is 0 Å². The Bertz CT molecular complexity index is 312. The summed E-state index contributed by atoms with van der Waals surface area (Å²) in [4.78, 5) is 11.7. The van der Waals surface area contributed by atoms with Crippen molar-refractivity contribution in [1.29, 1.82) is 0 Å². The predicted octanol–water partition coefficient (Wildman–Crippen LogP) is 3.61. The Morgan fingerprint density at radius 3 is 2.05 bits per heavy atom. The lowest BCUT2D eigenvalue weighted by Crippen LogP contribution is -2.28. The lowest BCUT2D eigenvalue weighted by molar-refractivity contribution is -0.158. The molecule has 0 aromatic carbocycles. The SMILES string of the molecule is CC(C[P+](=O)CCOC(C)(C)C)C(=O)OC(C)(C)C. The van der Waals surface area contributed by atoms with Gasteiger partial charge in [0, 0.05) is 0 Å². The zero-order valence-electron chi connectivity index (χ0n) is 13.3. The van der Waals surface area contributed by atoms with Gasteiger partial charge in [-0.05, 0) is 48.5 Å². The summed E-state index contributed by atoms with van der Waals surface area (Å²) in [5.41, 5.74) is -0.709. The molecule has 0 spiro atoms. The van der Waals surface area contributed by atoms with E-state index in [0.717, 1.165) is 0 Å². The van der Waals surface area contributed by atoms with Crippen molar-refractivity contribution < 1.29 is 18.8 Å². The summed E-state index contributed by atoms with van der Waals surface area (Å²) >= 11 is 0. The van der Waals surface area contributed by atoms with Gasteiger partial charge in [-0.15, -0.1) is 0 Å². The first-order chi connectivity index (χ1) is 8.41. The van der Waals surface area contributed by atoms with Crippen LogP contribution in [0.4, 0.5) is 0 Å². The number of rotatable bonds is 6. The van der Waals surface area contributed by atoms with Crippen LogP contribution in [0, 0.1) is 5.92 Å². The van der Waals surface area contributed by atoms with Crippen molar-refractivity contribution in [3.8, 4) is 0 Å². The minimum atomic E-state index is -1.42. The maximum absolute atomic E-state index is 11.9. The normalized spacial score (nSPS) is 15.0. The van der Waals surface area contributed by atoms with Gasteiger partial charge < -0.3 is 9.47 Å². The highest BCUT2D eigenvalue weighted by Crippen LogP contribution is 2.26. The first-order valence-corrected chi connectivity index (χ1v) is 8.32. The molecule has 0 aliphatic rings. The van der Waals surface area contributed by atoms with Gasteiger partial charge in [0.15, 0.2) is 12.3 Å². The van der Waals surface area contributed by atoms with Gasteiger partial charge in [-0.2, -0.15) is 0 Å². The molecule has 0 aliphatic heterocycles. The maximum Gasteiger partial charge on any atom is 0.342 e. The van der Waals surface area contributed by atoms with Crippen molar-refractivity contribution in [3.63, 3.8) is 0 Å². The zero-order valence-corrected chi connectivity index (χ0v) is 14.2. The average Bonchev–Trinajstić information content (AvgIpc) is 2.12. The molecular weight excluding hydrogens is 263 g/mol. The molecule has 0 saturated carbocycles. The van der Waals surface area contributed by atoms with Crippen LogP contribution in [0.15, 0.2) is 0 Å². The molecule has 0 bridgehead atoms. The van der Waals surface area contributed by atoms with Gasteiger partial charge in [0.1, 0.15) is 5.60 Å². The van der Waals surface area contributed by atoms with Crippen LogP contribution in [0.2, 0.25) is 0 Å². The molecule has 0 saturated heterocycles. The number of hydrogen-bond acceptors (Lipinski definition) is 4.